The smallest absolute Gasteiger partial charge is 0.321 e. The van der Waals surface area contributed by atoms with E-state index < -0.39 is 34.1 Å². The number of rotatable bonds is 5. The Balaban J connectivity index is 1.63. The summed E-state index contributed by atoms with van der Waals surface area (Å²) in [6.07, 6.45) is 7.79. The third-order valence-corrected chi connectivity index (χ3v) is 7.05. The van der Waals surface area contributed by atoms with Crippen molar-refractivity contribution < 1.29 is 18.0 Å². The number of pyridine rings is 1. The van der Waals surface area contributed by atoms with Crippen molar-refractivity contribution in [1.82, 2.24) is 19.5 Å². The second-order valence-corrected chi connectivity index (χ2v) is 9.24. The van der Waals surface area contributed by atoms with Crippen molar-refractivity contribution in [2.45, 2.75) is 62.4 Å². The molecule has 2 fully saturated rings. The molecule has 0 spiro atoms. The van der Waals surface area contributed by atoms with Crippen LogP contribution in [-0.2, 0) is 21.4 Å². The highest BCUT2D eigenvalue weighted by atomic mass is 32.2. The fraction of sp³-hybridized carbons (Fsp3) is 0.611. The first-order valence-electron chi connectivity index (χ1n) is 9.67. The molecule has 2 aliphatic rings. The van der Waals surface area contributed by atoms with E-state index in [9.17, 15) is 22.8 Å². The number of hydrogen-bond acceptors (Lipinski definition) is 5. The number of urea groups is 1. The van der Waals surface area contributed by atoms with Gasteiger partial charge in [0.05, 0.1) is 4.90 Å². The second-order valence-electron chi connectivity index (χ2n) is 7.30. The lowest BCUT2D eigenvalue weighted by Crippen LogP contribution is -2.46. The summed E-state index contributed by atoms with van der Waals surface area (Å²) in [6, 6.07) is 1.84. The number of nitrogens with zero attached hydrogens (tertiary/aromatic N) is 2. The van der Waals surface area contributed by atoms with Crippen LogP contribution in [0.25, 0.3) is 0 Å². The first-order chi connectivity index (χ1) is 13.4. The first kappa shape index (κ1) is 20.5. The van der Waals surface area contributed by atoms with Gasteiger partial charge in [0.15, 0.2) is 0 Å². The SMILES string of the molecule is O=C(Cn1cc(S(=O)(=O)N2CCCC2)ccc1=O)NC(=O)NC1CCCCC1. The Labute approximate surface area is 164 Å². The van der Waals surface area contributed by atoms with Gasteiger partial charge >= 0.3 is 6.03 Å². The molecule has 3 amide bonds. The van der Waals surface area contributed by atoms with Crippen LogP contribution in [-0.4, -0.2) is 48.4 Å². The molecule has 154 valence electrons. The van der Waals surface area contributed by atoms with E-state index in [1.54, 1.807) is 0 Å². The number of hydrogen-bond donors (Lipinski definition) is 2. The lowest BCUT2D eigenvalue weighted by atomic mass is 9.96. The van der Waals surface area contributed by atoms with Crippen molar-refractivity contribution >= 4 is 22.0 Å². The van der Waals surface area contributed by atoms with Gasteiger partial charge in [-0.2, -0.15) is 4.31 Å². The predicted molar refractivity (Wildman–Crippen MR) is 102 cm³/mol. The quantitative estimate of drug-likeness (QED) is 0.744. The van der Waals surface area contributed by atoms with Crippen molar-refractivity contribution in [2.24, 2.45) is 0 Å². The third kappa shape index (κ3) is 4.99. The summed E-state index contributed by atoms with van der Waals surface area (Å²) >= 11 is 0. The lowest BCUT2D eigenvalue weighted by Gasteiger charge is -2.22. The Morgan fingerprint density at radius 3 is 2.39 bits per heavy atom. The third-order valence-electron chi connectivity index (χ3n) is 5.17. The summed E-state index contributed by atoms with van der Waals surface area (Å²) in [7, 11) is -3.69. The molecule has 1 aromatic heterocycles. The molecule has 2 N–H and O–H groups in total. The van der Waals surface area contributed by atoms with Crippen LogP contribution in [0.4, 0.5) is 4.79 Å². The number of carbonyl (C=O) groups is 2. The van der Waals surface area contributed by atoms with Gasteiger partial charge in [-0.15, -0.1) is 0 Å². The number of nitrogens with one attached hydrogen (secondary N) is 2. The van der Waals surface area contributed by atoms with E-state index in [1.807, 2.05) is 0 Å². The first-order valence-corrected chi connectivity index (χ1v) is 11.1. The summed E-state index contributed by atoms with van der Waals surface area (Å²) < 4.78 is 27.6. The molecule has 0 radical (unpaired) electrons. The molecule has 1 saturated carbocycles. The standard InChI is InChI=1S/C18H26N4O5S/c23-16(20-18(25)19-14-6-2-1-3-7-14)13-21-12-15(8-9-17(21)24)28(26,27)22-10-4-5-11-22/h8-9,12,14H,1-7,10-11,13H2,(H2,19,20,23,25). The number of amides is 3. The zero-order valence-corrected chi connectivity index (χ0v) is 16.5. The predicted octanol–water partition coefficient (Wildman–Crippen LogP) is 0.791. The molecule has 0 unspecified atom stereocenters. The van der Waals surface area contributed by atoms with E-state index >= 15 is 0 Å². The van der Waals surface area contributed by atoms with Gasteiger partial charge < -0.3 is 9.88 Å². The van der Waals surface area contributed by atoms with Gasteiger partial charge in [0, 0.05) is 31.4 Å². The molecule has 10 heteroatoms. The maximum atomic E-state index is 12.6. The Hall–Kier alpha value is -2.20. The van der Waals surface area contributed by atoms with Crippen molar-refractivity contribution in [3.8, 4) is 0 Å². The molecule has 0 aromatic carbocycles. The van der Waals surface area contributed by atoms with E-state index in [-0.39, 0.29) is 10.9 Å². The minimum atomic E-state index is -3.69. The summed E-state index contributed by atoms with van der Waals surface area (Å²) in [5.41, 5.74) is -0.511. The molecular formula is C18H26N4O5S. The van der Waals surface area contributed by atoms with E-state index in [0.717, 1.165) is 61.8 Å². The van der Waals surface area contributed by atoms with Crippen molar-refractivity contribution in [3.63, 3.8) is 0 Å². The fourth-order valence-corrected chi connectivity index (χ4v) is 5.19. The molecule has 1 aliphatic carbocycles. The summed E-state index contributed by atoms with van der Waals surface area (Å²) in [4.78, 5) is 36.1. The van der Waals surface area contributed by atoms with Gasteiger partial charge in [0.2, 0.25) is 15.9 Å². The molecule has 2 heterocycles. The van der Waals surface area contributed by atoms with Gasteiger partial charge in [0.25, 0.3) is 5.56 Å². The van der Waals surface area contributed by atoms with E-state index in [0.29, 0.717) is 13.1 Å². The zero-order chi connectivity index (χ0) is 20.1. The largest absolute Gasteiger partial charge is 0.335 e. The number of sulfonamides is 1. The molecular weight excluding hydrogens is 384 g/mol. The lowest BCUT2D eigenvalue weighted by molar-refractivity contribution is -0.120. The average molecular weight is 410 g/mol. The normalized spacial score (nSPS) is 18.7. The van der Waals surface area contributed by atoms with Crippen molar-refractivity contribution in [1.29, 1.82) is 0 Å². The highest BCUT2D eigenvalue weighted by Crippen LogP contribution is 2.20. The summed E-state index contributed by atoms with van der Waals surface area (Å²) in [6.45, 7) is 0.465. The maximum Gasteiger partial charge on any atom is 0.321 e. The minimum Gasteiger partial charge on any atom is -0.335 e. The van der Waals surface area contributed by atoms with Crippen molar-refractivity contribution in [2.75, 3.05) is 13.1 Å². The highest BCUT2D eigenvalue weighted by Gasteiger charge is 2.27. The molecule has 1 aromatic rings. The molecule has 1 aliphatic heterocycles. The minimum absolute atomic E-state index is 0.0338. The Bertz CT molecular complexity index is 883. The van der Waals surface area contributed by atoms with Crippen LogP contribution < -0.4 is 16.2 Å². The van der Waals surface area contributed by atoms with Crippen LogP contribution in [0.5, 0.6) is 0 Å². The topological polar surface area (TPSA) is 118 Å². The Morgan fingerprint density at radius 2 is 1.71 bits per heavy atom. The number of aromatic nitrogens is 1. The molecule has 0 bridgehead atoms. The zero-order valence-electron chi connectivity index (χ0n) is 15.7. The second kappa shape index (κ2) is 8.87. The van der Waals surface area contributed by atoms with Crippen LogP contribution in [0.15, 0.2) is 28.0 Å². The van der Waals surface area contributed by atoms with E-state index in [4.69, 9.17) is 0 Å². The molecule has 28 heavy (non-hydrogen) atoms. The van der Waals surface area contributed by atoms with Gasteiger partial charge in [-0.05, 0) is 31.7 Å². The average Bonchev–Trinajstić information content (AvgIpc) is 3.19. The van der Waals surface area contributed by atoms with Gasteiger partial charge in [-0.1, -0.05) is 19.3 Å². The van der Waals surface area contributed by atoms with Gasteiger partial charge in [0.1, 0.15) is 6.54 Å². The molecule has 9 nitrogen and oxygen atoms in total. The fourth-order valence-electron chi connectivity index (χ4n) is 3.65. The van der Waals surface area contributed by atoms with Crippen LogP contribution in [0.3, 0.4) is 0 Å². The Morgan fingerprint density at radius 1 is 1.04 bits per heavy atom. The van der Waals surface area contributed by atoms with Gasteiger partial charge in [-0.25, -0.2) is 13.2 Å². The molecule has 3 rings (SSSR count). The van der Waals surface area contributed by atoms with Crippen LogP contribution in [0, 0.1) is 0 Å². The molecule has 0 atom stereocenters. The van der Waals surface area contributed by atoms with Crippen LogP contribution >= 0.6 is 0 Å². The van der Waals surface area contributed by atoms with E-state index in [2.05, 4.69) is 10.6 Å². The summed E-state index contributed by atoms with van der Waals surface area (Å²) in [5.74, 6) is -0.675. The Kier molecular flexibility index (Phi) is 6.50. The number of carbonyl (C=O) groups excluding carboxylic acids is 2. The van der Waals surface area contributed by atoms with Crippen LogP contribution in [0.2, 0.25) is 0 Å². The number of imide groups is 1. The van der Waals surface area contributed by atoms with Crippen LogP contribution in [0.1, 0.15) is 44.9 Å². The van der Waals surface area contributed by atoms with E-state index in [1.165, 1.54) is 10.4 Å². The molecule has 1 saturated heterocycles. The summed E-state index contributed by atoms with van der Waals surface area (Å²) in [5, 5.41) is 4.97. The maximum absolute atomic E-state index is 12.6. The van der Waals surface area contributed by atoms with Crippen molar-refractivity contribution in [3.05, 3.63) is 28.7 Å². The highest BCUT2D eigenvalue weighted by molar-refractivity contribution is 7.89. The van der Waals surface area contributed by atoms with Gasteiger partial charge in [-0.3, -0.25) is 14.9 Å². The monoisotopic (exact) mass is 410 g/mol.